The summed E-state index contributed by atoms with van der Waals surface area (Å²) in [6.07, 6.45) is 2.75. The van der Waals surface area contributed by atoms with Gasteiger partial charge in [-0.25, -0.2) is 0 Å². The smallest absolute Gasteiger partial charge is 0.220 e. The van der Waals surface area contributed by atoms with Crippen molar-refractivity contribution in [3.8, 4) is 0 Å². The quantitative estimate of drug-likeness (QED) is 0.750. The number of hydrogen-bond donors (Lipinski definition) is 2. The van der Waals surface area contributed by atoms with Gasteiger partial charge in [-0.2, -0.15) is 0 Å². The summed E-state index contributed by atoms with van der Waals surface area (Å²) < 4.78 is 0. The monoisotopic (exact) mass is 280 g/mol. The number of Topliss-reactive ketones (excluding diaryl/α,β-unsaturated/α-hetero) is 1. The van der Waals surface area contributed by atoms with Gasteiger partial charge in [-0.15, -0.1) is 11.3 Å². The lowest BCUT2D eigenvalue weighted by Crippen LogP contribution is -2.53. The average Bonchev–Trinajstić information content (AvgIpc) is 3.12. The number of rotatable bonds is 7. The summed E-state index contributed by atoms with van der Waals surface area (Å²) in [5.74, 6) is 0.449. The Morgan fingerprint density at radius 3 is 2.74 bits per heavy atom. The molecule has 0 spiro atoms. The first-order valence-electron chi connectivity index (χ1n) is 6.63. The van der Waals surface area contributed by atoms with Crippen LogP contribution in [-0.4, -0.2) is 23.8 Å². The van der Waals surface area contributed by atoms with Crippen molar-refractivity contribution >= 4 is 23.0 Å². The molecule has 1 aliphatic carbocycles. The summed E-state index contributed by atoms with van der Waals surface area (Å²) in [6.45, 7) is 2.44. The van der Waals surface area contributed by atoms with Gasteiger partial charge in [0.05, 0.1) is 10.4 Å². The van der Waals surface area contributed by atoms with Gasteiger partial charge in [0.15, 0.2) is 5.78 Å². The van der Waals surface area contributed by atoms with Gasteiger partial charge in [0.25, 0.3) is 0 Å². The Balaban J connectivity index is 1.80. The van der Waals surface area contributed by atoms with E-state index in [0.29, 0.717) is 12.5 Å². The zero-order chi connectivity index (χ0) is 13.9. The standard InChI is InChI=1S/C14H20N2O2S/c1-14(9-15,10-4-5-10)16-13(18)7-6-11(17)12-3-2-8-19-12/h2-3,8,10H,4-7,9,15H2,1H3,(H,16,18). The zero-order valence-corrected chi connectivity index (χ0v) is 12.0. The molecule has 1 saturated carbocycles. The highest BCUT2D eigenvalue weighted by atomic mass is 32.1. The lowest BCUT2D eigenvalue weighted by Gasteiger charge is -2.29. The second kappa shape index (κ2) is 5.84. The van der Waals surface area contributed by atoms with Crippen molar-refractivity contribution in [3.05, 3.63) is 22.4 Å². The van der Waals surface area contributed by atoms with Gasteiger partial charge in [-0.3, -0.25) is 9.59 Å². The number of carbonyl (C=O) groups is 2. The van der Waals surface area contributed by atoms with Gasteiger partial charge in [-0.05, 0) is 37.1 Å². The number of thiophene rings is 1. The molecule has 3 N–H and O–H groups in total. The topological polar surface area (TPSA) is 72.2 Å². The molecule has 4 nitrogen and oxygen atoms in total. The maximum atomic E-state index is 11.9. The first-order chi connectivity index (χ1) is 9.05. The van der Waals surface area contributed by atoms with Crippen LogP contribution in [0.1, 0.15) is 42.3 Å². The average molecular weight is 280 g/mol. The Kier molecular flexibility index (Phi) is 4.37. The summed E-state index contributed by atoms with van der Waals surface area (Å²) >= 11 is 1.41. The van der Waals surface area contributed by atoms with E-state index in [0.717, 1.165) is 17.7 Å². The Morgan fingerprint density at radius 1 is 1.47 bits per heavy atom. The van der Waals surface area contributed by atoms with Gasteiger partial charge in [-0.1, -0.05) is 6.07 Å². The molecule has 0 aromatic carbocycles. The van der Waals surface area contributed by atoms with Gasteiger partial charge < -0.3 is 11.1 Å². The SMILES string of the molecule is CC(CN)(NC(=O)CCC(=O)c1cccs1)C1CC1. The van der Waals surface area contributed by atoms with E-state index < -0.39 is 0 Å². The number of carbonyl (C=O) groups excluding carboxylic acids is 2. The van der Waals surface area contributed by atoms with Crippen LogP contribution >= 0.6 is 11.3 Å². The summed E-state index contributed by atoms with van der Waals surface area (Å²) in [6, 6.07) is 3.63. The minimum atomic E-state index is -0.303. The second-order valence-electron chi connectivity index (χ2n) is 5.34. The molecule has 19 heavy (non-hydrogen) atoms. The Morgan fingerprint density at radius 2 is 2.21 bits per heavy atom. The predicted octanol–water partition coefficient (Wildman–Crippen LogP) is 1.95. The van der Waals surface area contributed by atoms with Crippen LogP contribution in [0.3, 0.4) is 0 Å². The molecule has 2 rings (SSSR count). The number of ketones is 1. The molecule has 104 valence electrons. The van der Waals surface area contributed by atoms with Crippen molar-refractivity contribution in [2.45, 2.75) is 38.1 Å². The van der Waals surface area contributed by atoms with Crippen molar-refractivity contribution in [2.24, 2.45) is 11.7 Å². The van der Waals surface area contributed by atoms with E-state index in [1.807, 2.05) is 18.4 Å². The molecule has 1 fully saturated rings. The molecular formula is C14H20N2O2S. The largest absolute Gasteiger partial charge is 0.349 e. The summed E-state index contributed by atoms with van der Waals surface area (Å²) in [7, 11) is 0. The number of amides is 1. The van der Waals surface area contributed by atoms with E-state index in [1.54, 1.807) is 6.07 Å². The third-order valence-corrected chi connectivity index (χ3v) is 4.61. The molecule has 5 heteroatoms. The number of nitrogens with one attached hydrogen (secondary N) is 1. The van der Waals surface area contributed by atoms with Crippen LogP contribution in [0.15, 0.2) is 17.5 Å². The van der Waals surface area contributed by atoms with Crippen molar-refractivity contribution in [3.63, 3.8) is 0 Å². The molecule has 1 amide bonds. The first kappa shape index (κ1) is 14.2. The van der Waals surface area contributed by atoms with Crippen molar-refractivity contribution in [2.75, 3.05) is 6.54 Å². The van der Waals surface area contributed by atoms with Crippen LogP contribution in [0, 0.1) is 5.92 Å². The molecule has 0 aliphatic heterocycles. The molecule has 0 bridgehead atoms. The molecule has 0 saturated heterocycles. The molecule has 1 atom stereocenters. The van der Waals surface area contributed by atoms with Gasteiger partial charge in [0.2, 0.25) is 5.91 Å². The second-order valence-corrected chi connectivity index (χ2v) is 6.29. The number of hydrogen-bond acceptors (Lipinski definition) is 4. The van der Waals surface area contributed by atoms with Crippen LogP contribution in [0.2, 0.25) is 0 Å². The highest BCUT2D eigenvalue weighted by molar-refractivity contribution is 7.12. The van der Waals surface area contributed by atoms with Crippen LogP contribution in [0.25, 0.3) is 0 Å². The normalized spacial score (nSPS) is 17.8. The Labute approximate surface area is 117 Å². The van der Waals surface area contributed by atoms with Crippen LogP contribution in [0.5, 0.6) is 0 Å². The number of nitrogens with two attached hydrogens (primary N) is 1. The van der Waals surface area contributed by atoms with E-state index in [-0.39, 0.29) is 30.1 Å². The summed E-state index contributed by atoms with van der Waals surface area (Å²) in [5, 5.41) is 4.86. The molecule has 1 aromatic rings. The highest BCUT2D eigenvalue weighted by Crippen LogP contribution is 2.39. The van der Waals surface area contributed by atoms with Crippen molar-refractivity contribution < 1.29 is 9.59 Å². The fourth-order valence-corrected chi connectivity index (χ4v) is 2.90. The first-order valence-corrected chi connectivity index (χ1v) is 7.51. The van der Waals surface area contributed by atoms with Gasteiger partial charge >= 0.3 is 0 Å². The van der Waals surface area contributed by atoms with E-state index in [1.165, 1.54) is 11.3 Å². The zero-order valence-electron chi connectivity index (χ0n) is 11.1. The third kappa shape index (κ3) is 3.64. The highest BCUT2D eigenvalue weighted by Gasteiger charge is 2.41. The minimum Gasteiger partial charge on any atom is -0.349 e. The maximum Gasteiger partial charge on any atom is 0.220 e. The summed E-state index contributed by atoms with van der Waals surface area (Å²) in [4.78, 5) is 24.4. The molecule has 1 aliphatic rings. The van der Waals surface area contributed by atoms with E-state index >= 15 is 0 Å². The molecule has 1 aromatic heterocycles. The van der Waals surface area contributed by atoms with Gasteiger partial charge in [0.1, 0.15) is 0 Å². The fraction of sp³-hybridized carbons (Fsp3) is 0.571. The molecular weight excluding hydrogens is 260 g/mol. The van der Waals surface area contributed by atoms with E-state index in [9.17, 15) is 9.59 Å². The lowest BCUT2D eigenvalue weighted by atomic mass is 9.95. The predicted molar refractivity (Wildman–Crippen MR) is 76.2 cm³/mol. The molecule has 0 radical (unpaired) electrons. The van der Waals surface area contributed by atoms with Gasteiger partial charge in [0, 0.05) is 19.4 Å². The minimum absolute atomic E-state index is 0.0334. The van der Waals surface area contributed by atoms with Crippen LogP contribution in [0.4, 0.5) is 0 Å². The van der Waals surface area contributed by atoms with Crippen LogP contribution in [-0.2, 0) is 4.79 Å². The van der Waals surface area contributed by atoms with E-state index in [4.69, 9.17) is 5.73 Å². The third-order valence-electron chi connectivity index (χ3n) is 3.70. The van der Waals surface area contributed by atoms with E-state index in [2.05, 4.69) is 5.32 Å². The Hall–Kier alpha value is -1.20. The summed E-state index contributed by atoms with van der Waals surface area (Å²) in [5.41, 5.74) is 5.45. The molecule has 1 unspecified atom stereocenters. The Bertz CT molecular complexity index is 454. The lowest BCUT2D eigenvalue weighted by molar-refractivity contribution is -0.123. The maximum absolute atomic E-state index is 11.9. The van der Waals surface area contributed by atoms with Crippen molar-refractivity contribution in [1.82, 2.24) is 5.32 Å². The molecule has 1 heterocycles. The van der Waals surface area contributed by atoms with Crippen molar-refractivity contribution in [1.29, 1.82) is 0 Å². The van der Waals surface area contributed by atoms with Crippen LogP contribution < -0.4 is 11.1 Å². The fourth-order valence-electron chi connectivity index (χ4n) is 2.21.